The number of nitrogens with one attached hydrogen (secondary N) is 1. The van der Waals surface area contributed by atoms with Crippen molar-refractivity contribution in [2.24, 2.45) is 0 Å². The Labute approximate surface area is 177 Å². The lowest BCUT2D eigenvalue weighted by Crippen LogP contribution is -2.33. The van der Waals surface area contributed by atoms with E-state index in [2.05, 4.69) is 62.2 Å². The number of fused-ring (bicyclic) bond motifs is 1. The van der Waals surface area contributed by atoms with E-state index >= 15 is 0 Å². The van der Waals surface area contributed by atoms with Gasteiger partial charge in [0.25, 0.3) is 5.91 Å². The Hall–Kier alpha value is -2.21. The van der Waals surface area contributed by atoms with E-state index in [4.69, 9.17) is 4.98 Å². The van der Waals surface area contributed by atoms with Crippen molar-refractivity contribution in [3.8, 4) is 0 Å². The summed E-state index contributed by atoms with van der Waals surface area (Å²) in [6, 6.07) is 10.7. The van der Waals surface area contributed by atoms with Gasteiger partial charge in [-0.05, 0) is 43.5 Å². The number of nitrogens with zero attached hydrogens (tertiary/aromatic N) is 3. The summed E-state index contributed by atoms with van der Waals surface area (Å²) < 4.78 is 0. The smallest absolute Gasteiger partial charge is 0.255 e. The van der Waals surface area contributed by atoms with Gasteiger partial charge in [0, 0.05) is 41.9 Å². The van der Waals surface area contributed by atoms with Crippen LogP contribution in [0.25, 0.3) is 0 Å². The molecule has 1 amide bonds. The molecule has 1 N–H and O–H groups in total. The minimum Gasteiger partial charge on any atom is -0.355 e. The summed E-state index contributed by atoms with van der Waals surface area (Å²) in [5.41, 5.74) is 4.12. The minimum absolute atomic E-state index is 0.114. The first kappa shape index (κ1) is 20.1. The van der Waals surface area contributed by atoms with Crippen molar-refractivity contribution in [2.75, 3.05) is 34.8 Å². The fourth-order valence-corrected chi connectivity index (χ4v) is 4.77. The molecule has 2 aliphatic rings. The molecule has 4 rings (SSSR count). The van der Waals surface area contributed by atoms with Crippen LogP contribution in [0.1, 0.15) is 55.1 Å². The van der Waals surface area contributed by atoms with Crippen LogP contribution < -0.4 is 10.2 Å². The largest absolute Gasteiger partial charge is 0.355 e. The van der Waals surface area contributed by atoms with E-state index in [1.54, 1.807) is 0 Å². The molecule has 0 radical (unpaired) electrons. The Morgan fingerprint density at radius 2 is 1.76 bits per heavy atom. The monoisotopic (exact) mass is 410 g/mol. The molecule has 1 saturated heterocycles. The van der Waals surface area contributed by atoms with Crippen molar-refractivity contribution in [1.29, 1.82) is 0 Å². The molecule has 3 heterocycles. The molecule has 1 aromatic heterocycles. The van der Waals surface area contributed by atoms with Crippen LogP contribution in [0.5, 0.6) is 0 Å². The van der Waals surface area contributed by atoms with Gasteiger partial charge in [-0.3, -0.25) is 4.79 Å². The van der Waals surface area contributed by atoms with E-state index < -0.39 is 0 Å². The molecule has 6 heteroatoms. The summed E-state index contributed by atoms with van der Waals surface area (Å²) in [7, 11) is 0. The van der Waals surface area contributed by atoms with E-state index in [0.29, 0.717) is 12.5 Å². The Bertz CT molecular complexity index is 888. The maximum absolute atomic E-state index is 13.0. The van der Waals surface area contributed by atoms with Crippen LogP contribution in [-0.4, -0.2) is 46.4 Å². The number of rotatable bonds is 5. The quantitative estimate of drug-likeness (QED) is 0.762. The van der Waals surface area contributed by atoms with Crippen molar-refractivity contribution in [3.05, 3.63) is 47.0 Å². The molecule has 0 aliphatic carbocycles. The second kappa shape index (κ2) is 8.27. The highest BCUT2D eigenvalue weighted by Crippen LogP contribution is 2.34. The lowest BCUT2D eigenvalue weighted by atomic mass is 10.0. The van der Waals surface area contributed by atoms with Crippen LogP contribution in [0.2, 0.25) is 0 Å². The third-order valence-electron chi connectivity index (χ3n) is 5.73. The SMILES string of the molecule is CC(C)c1ccc(Nc2nc(N3CCSCC3)cc3c2CN(C(C)C)C3=O)cc1. The second-order valence-electron chi connectivity index (χ2n) is 8.38. The molecule has 1 aromatic carbocycles. The third kappa shape index (κ3) is 4.08. The number of hydrogen-bond donors (Lipinski definition) is 1. The molecule has 29 heavy (non-hydrogen) atoms. The number of carbonyl (C=O) groups excluding carboxylic acids is 1. The number of thioether (sulfide) groups is 1. The Morgan fingerprint density at radius 3 is 2.38 bits per heavy atom. The Morgan fingerprint density at radius 1 is 1.07 bits per heavy atom. The van der Waals surface area contributed by atoms with Crippen LogP contribution in [0.4, 0.5) is 17.3 Å². The normalized spacial score (nSPS) is 16.7. The summed E-state index contributed by atoms with van der Waals surface area (Å²) in [6.45, 7) is 11.1. The van der Waals surface area contributed by atoms with Gasteiger partial charge >= 0.3 is 0 Å². The summed E-state index contributed by atoms with van der Waals surface area (Å²) in [5.74, 6) is 4.54. The highest BCUT2D eigenvalue weighted by atomic mass is 32.2. The van der Waals surface area contributed by atoms with Gasteiger partial charge in [-0.1, -0.05) is 26.0 Å². The molecule has 0 saturated carbocycles. The van der Waals surface area contributed by atoms with Gasteiger partial charge in [-0.15, -0.1) is 0 Å². The first-order valence-corrected chi connectivity index (χ1v) is 11.6. The van der Waals surface area contributed by atoms with Gasteiger partial charge in [0.2, 0.25) is 0 Å². The lowest BCUT2D eigenvalue weighted by Gasteiger charge is -2.28. The first-order valence-electron chi connectivity index (χ1n) is 10.5. The molecule has 2 aromatic rings. The van der Waals surface area contributed by atoms with Crippen LogP contribution in [0, 0.1) is 0 Å². The van der Waals surface area contributed by atoms with Crippen LogP contribution in [-0.2, 0) is 6.54 Å². The zero-order valence-corrected chi connectivity index (χ0v) is 18.6. The van der Waals surface area contributed by atoms with E-state index in [-0.39, 0.29) is 11.9 Å². The second-order valence-corrected chi connectivity index (χ2v) is 9.61. The Kier molecular flexibility index (Phi) is 5.72. The van der Waals surface area contributed by atoms with E-state index in [1.165, 1.54) is 5.56 Å². The van der Waals surface area contributed by atoms with Crippen molar-refractivity contribution in [3.63, 3.8) is 0 Å². The molecular weight excluding hydrogens is 380 g/mol. The predicted octanol–water partition coefficient (Wildman–Crippen LogP) is 4.87. The van der Waals surface area contributed by atoms with Crippen molar-refractivity contribution < 1.29 is 4.79 Å². The lowest BCUT2D eigenvalue weighted by molar-refractivity contribution is 0.0731. The average Bonchev–Trinajstić information content (AvgIpc) is 3.06. The zero-order valence-electron chi connectivity index (χ0n) is 17.7. The van der Waals surface area contributed by atoms with Crippen molar-refractivity contribution >= 4 is 35.0 Å². The fraction of sp³-hybridized carbons (Fsp3) is 0.478. The molecule has 0 atom stereocenters. The van der Waals surface area contributed by atoms with Gasteiger partial charge in [0.05, 0.1) is 12.1 Å². The van der Waals surface area contributed by atoms with Crippen LogP contribution in [0.3, 0.4) is 0 Å². The standard InChI is InChI=1S/C23H30N4OS/c1-15(2)17-5-7-18(8-6-17)24-22-20-14-27(16(3)4)23(28)19(20)13-21(25-22)26-9-11-29-12-10-26/h5-8,13,15-16H,9-12,14H2,1-4H3,(H,24,25). The maximum atomic E-state index is 13.0. The minimum atomic E-state index is 0.114. The summed E-state index contributed by atoms with van der Waals surface area (Å²) in [5, 5.41) is 3.51. The highest BCUT2D eigenvalue weighted by Gasteiger charge is 2.33. The number of pyridine rings is 1. The third-order valence-corrected chi connectivity index (χ3v) is 6.67. The molecule has 5 nitrogen and oxygen atoms in total. The zero-order chi connectivity index (χ0) is 20.5. The molecule has 1 fully saturated rings. The van der Waals surface area contributed by atoms with E-state index in [1.807, 2.05) is 22.7 Å². The van der Waals surface area contributed by atoms with Gasteiger partial charge in [-0.25, -0.2) is 4.98 Å². The average molecular weight is 411 g/mol. The topological polar surface area (TPSA) is 48.5 Å². The molecule has 0 bridgehead atoms. The molecule has 0 unspecified atom stereocenters. The van der Waals surface area contributed by atoms with Gasteiger partial charge < -0.3 is 15.1 Å². The number of amides is 1. The summed E-state index contributed by atoms with van der Waals surface area (Å²) >= 11 is 1.97. The van der Waals surface area contributed by atoms with Crippen molar-refractivity contribution in [2.45, 2.75) is 46.2 Å². The molecule has 154 valence electrons. The van der Waals surface area contributed by atoms with Crippen LogP contribution >= 0.6 is 11.8 Å². The number of anilines is 3. The van der Waals surface area contributed by atoms with Gasteiger partial charge in [-0.2, -0.15) is 11.8 Å². The maximum Gasteiger partial charge on any atom is 0.255 e. The number of carbonyl (C=O) groups is 1. The summed E-state index contributed by atoms with van der Waals surface area (Å²) in [4.78, 5) is 22.2. The van der Waals surface area contributed by atoms with E-state index in [0.717, 1.165) is 53.0 Å². The first-order chi connectivity index (χ1) is 13.9. The molecular formula is C23H30N4OS. The molecule has 0 spiro atoms. The molecule has 2 aliphatic heterocycles. The van der Waals surface area contributed by atoms with Crippen LogP contribution in [0.15, 0.2) is 30.3 Å². The summed E-state index contributed by atoms with van der Waals surface area (Å²) in [6.07, 6.45) is 0. The van der Waals surface area contributed by atoms with Crippen molar-refractivity contribution in [1.82, 2.24) is 9.88 Å². The van der Waals surface area contributed by atoms with Gasteiger partial charge in [0.15, 0.2) is 0 Å². The number of benzene rings is 1. The Balaban J connectivity index is 1.70. The predicted molar refractivity (Wildman–Crippen MR) is 123 cm³/mol. The fourth-order valence-electron chi connectivity index (χ4n) is 3.87. The number of hydrogen-bond acceptors (Lipinski definition) is 5. The van der Waals surface area contributed by atoms with E-state index in [9.17, 15) is 4.79 Å². The number of aromatic nitrogens is 1. The highest BCUT2D eigenvalue weighted by molar-refractivity contribution is 7.99. The van der Waals surface area contributed by atoms with Gasteiger partial charge in [0.1, 0.15) is 11.6 Å².